The smallest absolute Gasteiger partial charge is 0.273 e. The molecule has 0 atom stereocenters. The van der Waals surface area contributed by atoms with Crippen molar-refractivity contribution in [3.05, 3.63) is 111 Å². The topological polar surface area (TPSA) is 109 Å². The largest absolute Gasteiger partial charge is 0.497 e. The molecule has 0 aliphatic carbocycles. The van der Waals surface area contributed by atoms with Gasteiger partial charge in [-0.2, -0.15) is 0 Å². The highest BCUT2D eigenvalue weighted by Crippen LogP contribution is 2.44. The molecule has 45 heavy (non-hydrogen) atoms. The summed E-state index contributed by atoms with van der Waals surface area (Å²) in [6.45, 7) is 8.45. The Balaban J connectivity index is 0.000000440. The third-order valence-corrected chi connectivity index (χ3v) is 7.38. The zero-order valence-corrected chi connectivity index (χ0v) is 26.6. The molecule has 0 spiro atoms. The van der Waals surface area contributed by atoms with Crippen molar-refractivity contribution in [2.24, 2.45) is 0 Å². The van der Waals surface area contributed by atoms with Crippen LogP contribution in [0, 0.1) is 17.0 Å². The van der Waals surface area contributed by atoms with Crippen molar-refractivity contribution < 1.29 is 28.7 Å². The fraction of sp³-hybridized carbons (Fsp3) is 0.250. The number of benzene rings is 4. The molecule has 5 rings (SSSR count). The Morgan fingerprint density at radius 2 is 1.51 bits per heavy atom. The number of hydrogen-bond acceptors (Lipinski definition) is 8. The number of allylic oxidation sites excluding steroid dienone is 1. The molecular formula is C36H38N2O7. The van der Waals surface area contributed by atoms with Crippen LogP contribution in [0.2, 0.25) is 0 Å². The summed E-state index contributed by atoms with van der Waals surface area (Å²) in [7, 11) is 4.74. The van der Waals surface area contributed by atoms with Gasteiger partial charge in [0.1, 0.15) is 24.4 Å². The van der Waals surface area contributed by atoms with Crippen LogP contribution >= 0.6 is 0 Å². The molecule has 0 saturated heterocycles. The van der Waals surface area contributed by atoms with Gasteiger partial charge in [-0.05, 0) is 63.1 Å². The molecule has 9 nitrogen and oxygen atoms in total. The summed E-state index contributed by atoms with van der Waals surface area (Å²) in [5.41, 5.74) is 7.47. The quantitative estimate of drug-likeness (QED) is 0.115. The summed E-state index contributed by atoms with van der Waals surface area (Å²) in [5.74, 6) is 2.06. The van der Waals surface area contributed by atoms with Gasteiger partial charge in [-0.15, -0.1) is 0 Å². The number of carbonyl (C=O) groups is 1. The van der Waals surface area contributed by atoms with Crippen molar-refractivity contribution in [2.75, 3.05) is 26.6 Å². The predicted octanol–water partition coefficient (Wildman–Crippen LogP) is 8.28. The fourth-order valence-electron chi connectivity index (χ4n) is 5.31. The first-order valence-corrected chi connectivity index (χ1v) is 14.3. The van der Waals surface area contributed by atoms with Crippen LogP contribution in [0.25, 0.3) is 16.7 Å². The lowest BCUT2D eigenvalue weighted by atomic mass is 9.85. The molecule has 0 aromatic heterocycles. The standard InChI is InChI=1S/C28H30N2O6.C8H8O/c1-17-15-28(2,3)29-23-11-10-20(21-9-8-19(33-4)14-25(21)35-6)22(27(17)23)16-36-26-13-18(30(31)32)7-12-24(26)34-5;1-7-2-4-8(6-9)5-3-7/h7-15,29H,16H2,1-6H3;2-6H,1H3. The number of ether oxygens (including phenoxy) is 4. The SMILES string of the molecule is COc1ccc(-c2ccc3c(c2COc2cc([N+](=O)[O-])ccc2OC)C(C)=CC(C)(C)N3)c(OC)c1.Cc1ccc(C=O)cc1. The first kappa shape index (κ1) is 32.6. The van der Waals surface area contributed by atoms with Crippen LogP contribution in [0.5, 0.6) is 23.0 Å². The number of rotatable bonds is 9. The Morgan fingerprint density at radius 3 is 2.13 bits per heavy atom. The summed E-state index contributed by atoms with van der Waals surface area (Å²) < 4.78 is 22.7. The second kappa shape index (κ2) is 14.0. The summed E-state index contributed by atoms with van der Waals surface area (Å²) >= 11 is 0. The molecule has 234 valence electrons. The maximum atomic E-state index is 11.4. The van der Waals surface area contributed by atoms with Crippen molar-refractivity contribution in [3.63, 3.8) is 0 Å². The molecule has 4 aromatic rings. The highest BCUT2D eigenvalue weighted by atomic mass is 16.6. The van der Waals surface area contributed by atoms with Gasteiger partial charge >= 0.3 is 0 Å². The second-order valence-electron chi connectivity index (χ2n) is 11.2. The van der Waals surface area contributed by atoms with Crippen molar-refractivity contribution in [2.45, 2.75) is 39.8 Å². The van der Waals surface area contributed by atoms with E-state index < -0.39 is 4.92 Å². The number of nitro benzene ring substituents is 1. The zero-order valence-electron chi connectivity index (χ0n) is 26.6. The van der Waals surface area contributed by atoms with Gasteiger partial charge in [-0.3, -0.25) is 14.9 Å². The Bertz CT molecular complexity index is 1730. The molecule has 0 unspecified atom stereocenters. The predicted molar refractivity (Wildman–Crippen MR) is 177 cm³/mol. The maximum Gasteiger partial charge on any atom is 0.273 e. The number of aldehydes is 1. The lowest BCUT2D eigenvalue weighted by Crippen LogP contribution is -2.32. The number of carbonyl (C=O) groups excluding carboxylic acids is 1. The van der Waals surface area contributed by atoms with E-state index in [1.165, 1.54) is 30.9 Å². The minimum absolute atomic E-state index is 0.0718. The third kappa shape index (κ3) is 7.62. The minimum atomic E-state index is -0.455. The molecule has 1 aliphatic rings. The number of aryl methyl sites for hydroxylation is 1. The maximum absolute atomic E-state index is 11.4. The van der Waals surface area contributed by atoms with Crippen LogP contribution < -0.4 is 24.3 Å². The van der Waals surface area contributed by atoms with E-state index in [4.69, 9.17) is 18.9 Å². The van der Waals surface area contributed by atoms with Crippen molar-refractivity contribution in [3.8, 4) is 34.1 Å². The van der Waals surface area contributed by atoms with Crippen LogP contribution in [-0.4, -0.2) is 38.1 Å². The van der Waals surface area contributed by atoms with Crippen LogP contribution in [0.3, 0.4) is 0 Å². The number of nitrogens with zero attached hydrogens (tertiary/aromatic N) is 1. The number of fused-ring (bicyclic) bond motifs is 1. The molecule has 1 N–H and O–H groups in total. The van der Waals surface area contributed by atoms with Crippen LogP contribution in [0.4, 0.5) is 11.4 Å². The van der Waals surface area contributed by atoms with Gasteiger partial charge in [-0.25, -0.2) is 0 Å². The first-order chi connectivity index (χ1) is 21.5. The summed E-state index contributed by atoms with van der Waals surface area (Å²) in [4.78, 5) is 21.0. The van der Waals surface area contributed by atoms with E-state index in [1.54, 1.807) is 14.2 Å². The average Bonchev–Trinajstić information content (AvgIpc) is 3.03. The van der Waals surface area contributed by atoms with E-state index in [1.807, 2.05) is 55.5 Å². The monoisotopic (exact) mass is 610 g/mol. The van der Waals surface area contributed by atoms with E-state index in [9.17, 15) is 14.9 Å². The molecule has 1 heterocycles. The van der Waals surface area contributed by atoms with Gasteiger partial charge in [0.15, 0.2) is 11.5 Å². The highest BCUT2D eigenvalue weighted by Gasteiger charge is 2.27. The van der Waals surface area contributed by atoms with Crippen molar-refractivity contribution >= 4 is 23.2 Å². The number of methoxy groups -OCH3 is 3. The molecule has 0 fully saturated rings. The van der Waals surface area contributed by atoms with E-state index in [-0.39, 0.29) is 17.8 Å². The van der Waals surface area contributed by atoms with Gasteiger partial charge in [0.2, 0.25) is 0 Å². The van der Waals surface area contributed by atoms with E-state index in [0.717, 1.165) is 45.4 Å². The van der Waals surface area contributed by atoms with Crippen LogP contribution in [0.15, 0.2) is 78.9 Å². The highest BCUT2D eigenvalue weighted by molar-refractivity contribution is 5.88. The van der Waals surface area contributed by atoms with Gasteiger partial charge in [0.05, 0.1) is 37.9 Å². The molecule has 0 radical (unpaired) electrons. The molecule has 4 aromatic carbocycles. The lowest BCUT2D eigenvalue weighted by molar-refractivity contribution is -0.385. The Morgan fingerprint density at radius 1 is 0.822 bits per heavy atom. The number of non-ortho nitro benzene ring substituents is 1. The number of hydrogen-bond donors (Lipinski definition) is 1. The summed E-state index contributed by atoms with van der Waals surface area (Å²) in [5, 5.41) is 14.9. The van der Waals surface area contributed by atoms with Gasteiger partial charge in [-0.1, -0.05) is 42.0 Å². The second-order valence-corrected chi connectivity index (χ2v) is 11.2. The Kier molecular flexibility index (Phi) is 10.1. The Labute approximate surface area is 263 Å². The number of anilines is 1. The summed E-state index contributed by atoms with van der Waals surface area (Å²) in [6.07, 6.45) is 3.03. The van der Waals surface area contributed by atoms with Gasteiger partial charge in [0, 0.05) is 40.1 Å². The normalized spacial score (nSPS) is 12.7. The summed E-state index contributed by atoms with van der Waals surface area (Å²) in [6, 6.07) is 21.5. The third-order valence-electron chi connectivity index (χ3n) is 7.38. The molecule has 0 saturated carbocycles. The molecule has 0 bridgehead atoms. The van der Waals surface area contributed by atoms with Crippen LogP contribution in [-0.2, 0) is 6.61 Å². The fourth-order valence-corrected chi connectivity index (χ4v) is 5.31. The van der Waals surface area contributed by atoms with Crippen molar-refractivity contribution in [1.29, 1.82) is 0 Å². The first-order valence-electron chi connectivity index (χ1n) is 14.3. The van der Waals surface area contributed by atoms with Gasteiger partial charge in [0.25, 0.3) is 5.69 Å². The number of nitro groups is 1. The molecule has 1 aliphatic heterocycles. The number of nitrogens with one attached hydrogen (secondary N) is 1. The Hall–Kier alpha value is -5.31. The lowest BCUT2D eigenvalue weighted by Gasteiger charge is -2.33. The van der Waals surface area contributed by atoms with E-state index in [0.29, 0.717) is 23.0 Å². The van der Waals surface area contributed by atoms with Crippen molar-refractivity contribution in [1.82, 2.24) is 0 Å². The van der Waals surface area contributed by atoms with Crippen LogP contribution in [0.1, 0.15) is 47.8 Å². The molecular weight excluding hydrogens is 572 g/mol. The average molecular weight is 611 g/mol. The van der Waals surface area contributed by atoms with E-state index in [2.05, 4.69) is 38.2 Å². The zero-order chi connectivity index (χ0) is 32.7. The molecule has 9 heteroatoms. The van der Waals surface area contributed by atoms with Gasteiger partial charge < -0.3 is 24.3 Å². The molecule has 0 amide bonds. The minimum Gasteiger partial charge on any atom is -0.497 e. The van der Waals surface area contributed by atoms with E-state index >= 15 is 0 Å².